The molecule has 0 aliphatic rings. The van der Waals surface area contributed by atoms with Gasteiger partial charge in [0.05, 0.1) is 11.3 Å². The van der Waals surface area contributed by atoms with E-state index in [0.717, 1.165) is 30.7 Å². The lowest BCUT2D eigenvalue weighted by Gasteiger charge is -2.08. The molecule has 0 fully saturated rings. The fraction of sp³-hybridized carbons (Fsp3) is 0.286. The largest absolute Gasteiger partial charge is 0.365 e. The Kier molecular flexibility index (Phi) is 10.1. The molecule has 4 heteroatoms. The molecule has 32 heavy (non-hydrogen) atoms. The maximum Gasteiger partial charge on any atom is 0.365 e. The Morgan fingerprint density at radius 3 is 2.19 bits per heavy atom. The summed E-state index contributed by atoms with van der Waals surface area (Å²) in [5, 5.41) is 4.25. The number of carbonyl (C=O) groups excluding carboxylic acids is 1. The van der Waals surface area contributed by atoms with E-state index in [1.165, 1.54) is 28.9 Å². The Balaban J connectivity index is 1.59. The van der Waals surface area contributed by atoms with E-state index in [-0.39, 0.29) is 0 Å². The molecule has 0 aliphatic heterocycles. The molecule has 0 aromatic heterocycles. The zero-order valence-electron chi connectivity index (χ0n) is 18.7. The van der Waals surface area contributed by atoms with Crippen LogP contribution < -0.4 is 0 Å². The zero-order chi connectivity index (χ0) is 22.4. The van der Waals surface area contributed by atoms with E-state index in [9.17, 15) is 4.79 Å². The molecule has 3 aromatic rings. The van der Waals surface area contributed by atoms with Crippen molar-refractivity contribution in [3.8, 4) is 0 Å². The highest BCUT2D eigenvalue weighted by Crippen LogP contribution is 2.23. The predicted octanol–water partition coefficient (Wildman–Crippen LogP) is 7.70. The maximum absolute atomic E-state index is 12.3. The van der Waals surface area contributed by atoms with Crippen molar-refractivity contribution >= 4 is 23.4 Å². The molecular weight excluding hydrogens is 414 g/mol. The molecule has 0 unspecified atom stereocenters. The van der Waals surface area contributed by atoms with Crippen LogP contribution in [0.2, 0.25) is 0 Å². The minimum absolute atomic E-state index is 0.413. The minimum atomic E-state index is -0.413. The third-order valence-electron chi connectivity index (χ3n) is 5.17. The van der Waals surface area contributed by atoms with E-state index >= 15 is 0 Å². The predicted molar refractivity (Wildman–Crippen MR) is 134 cm³/mol. The van der Waals surface area contributed by atoms with Crippen molar-refractivity contribution in [1.82, 2.24) is 0 Å². The Bertz CT molecular complexity index is 969. The third kappa shape index (κ3) is 8.35. The second-order valence-electron chi connectivity index (χ2n) is 7.81. The molecule has 0 spiro atoms. The second-order valence-corrected chi connectivity index (χ2v) is 8.86. The van der Waals surface area contributed by atoms with Crippen molar-refractivity contribution in [2.45, 2.75) is 56.1 Å². The van der Waals surface area contributed by atoms with E-state index in [4.69, 9.17) is 4.84 Å². The molecule has 0 aliphatic carbocycles. The second kappa shape index (κ2) is 13.5. The average molecular weight is 446 g/mol. The molecule has 0 atom stereocenters. The van der Waals surface area contributed by atoms with Crippen LogP contribution in [0.4, 0.5) is 0 Å². The first-order valence-electron chi connectivity index (χ1n) is 11.3. The topological polar surface area (TPSA) is 38.7 Å². The number of thioether (sulfide) groups is 1. The van der Waals surface area contributed by atoms with Gasteiger partial charge in [0.25, 0.3) is 0 Å². The van der Waals surface area contributed by atoms with Crippen molar-refractivity contribution in [2.75, 3.05) is 0 Å². The molecule has 0 heterocycles. The fourth-order valence-corrected chi connectivity index (χ4v) is 4.19. The lowest BCUT2D eigenvalue weighted by Crippen LogP contribution is -2.08. The van der Waals surface area contributed by atoms with Gasteiger partial charge in [0.2, 0.25) is 0 Å². The summed E-state index contributed by atoms with van der Waals surface area (Å²) in [7, 11) is 0. The highest BCUT2D eigenvalue weighted by molar-refractivity contribution is 7.98. The normalized spacial score (nSPS) is 11.3. The summed E-state index contributed by atoms with van der Waals surface area (Å²) in [5.41, 5.74) is 3.93. The van der Waals surface area contributed by atoms with Crippen LogP contribution >= 0.6 is 11.8 Å². The molecule has 3 nitrogen and oxygen atoms in total. The monoisotopic (exact) mass is 445 g/mol. The summed E-state index contributed by atoms with van der Waals surface area (Å²) in [5.74, 6) is 0.545. The van der Waals surface area contributed by atoms with Crippen molar-refractivity contribution in [3.05, 3.63) is 102 Å². The van der Waals surface area contributed by atoms with Crippen molar-refractivity contribution in [2.24, 2.45) is 5.16 Å². The first-order valence-corrected chi connectivity index (χ1v) is 12.3. The van der Waals surface area contributed by atoms with Gasteiger partial charge < -0.3 is 4.84 Å². The number of unbranched alkanes of at least 4 members (excludes halogenated alkanes) is 3. The van der Waals surface area contributed by atoms with E-state index in [0.29, 0.717) is 12.0 Å². The molecule has 0 N–H and O–H groups in total. The lowest BCUT2D eigenvalue weighted by molar-refractivity contribution is 0.0514. The number of nitrogens with zero attached hydrogens (tertiary/aromatic N) is 1. The Morgan fingerprint density at radius 1 is 0.812 bits per heavy atom. The molecule has 3 rings (SSSR count). The van der Waals surface area contributed by atoms with Gasteiger partial charge in [0.1, 0.15) is 0 Å². The van der Waals surface area contributed by atoms with E-state index in [2.05, 4.69) is 60.6 Å². The molecule has 0 radical (unpaired) electrons. The quantitative estimate of drug-likeness (QED) is 0.0942. The van der Waals surface area contributed by atoms with Crippen molar-refractivity contribution in [1.29, 1.82) is 0 Å². The highest BCUT2D eigenvalue weighted by atomic mass is 32.2. The molecule has 0 saturated carbocycles. The first-order chi connectivity index (χ1) is 15.7. The van der Waals surface area contributed by atoms with E-state index in [1.807, 2.05) is 36.0 Å². The number of rotatable bonds is 12. The number of oxime groups is 1. The zero-order valence-corrected chi connectivity index (χ0v) is 19.5. The van der Waals surface area contributed by atoms with Gasteiger partial charge in [-0.2, -0.15) is 0 Å². The summed E-state index contributed by atoms with van der Waals surface area (Å²) in [6.07, 6.45) is 6.16. The van der Waals surface area contributed by atoms with Gasteiger partial charge in [-0.3, -0.25) is 0 Å². The molecule has 0 bridgehead atoms. The summed E-state index contributed by atoms with van der Waals surface area (Å²) >= 11 is 1.83. The van der Waals surface area contributed by atoms with E-state index in [1.54, 1.807) is 12.1 Å². The number of benzene rings is 3. The number of carbonyl (C=O) groups is 1. The average Bonchev–Trinajstić information content (AvgIpc) is 2.85. The smallest absolute Gasteiger partial charge is 0.313 e. The van der Waals surface area contributed by atoms with Gasteiger partial charge in [-0.1, -0.05) is 92.0 Å². The first kappa shape index (κ1) is 23.8. The number of hydrogen-bond acceptors (Lipinski definition) is 4. The summed E-state index contributed by atoms with van der Waals surface area (Å²) in [6.45, 7) is 2.20. The number of hydrogen-bond donors (Lipinski definition) is 0. The van der Waals surface area contributed by atoms with Gasteiger partial charge >= 0.3 is 5.97 Å². The van der Waals surface area contributed by atoms with Crippen molar-refractivity contribution in [3.63, 3.8) is 0 Å². The summed E-state index contributed by atoms with van der Waals surface area (Å²) in [6, 6.07) is 28.1. The van der Waals surface area contributed by atoms with Gasteiger partial charge in [0, 0.05) is 17.1 Å². The van der Waals surface area contributed by atoms with Crippen molar-refractivity contribution < 1.29 is 9.63 Å². The van der Waals surface area contributed by atoms with Crippen LogP contribution in [0.3, 0.4) is 0 Å². The molecule has 3 aromatic carbocycles. The van der Waals surface area contributed by atoms with Gasteiger partial charge in [0.15, 0.2) is 0 Å². The Morgan fingerprint density at radius 2 is 1.50 bits per heavy atom. The summed E-state index contributed by atoms with van der Waals surface area (Å²) < 4.78 is 0. The van der Waals surface area contributed by atoms with Crippen LogP contribution in [0.5, 0.6) is 0 Å². The van der Waals surface area contributed by atoms with Gasteiger partial charge in [-0.15, -0.1) is 11.8 Å². The maximum atomic E-state index is 12.3. The van der Waals surface area contributed by atoms with Crippen LogP contribution in [0.1, 0.15) is 60.5 Å². The standard InChI is InChI=1S/C28H31NO2S/c1-2-3-4-11-16-26(29-31-28(30)25-14-9-6-10-15-25)21-23-17-19-27(20-18-23)32-22-24-12-7-5-8-13-24/h5-10,12-15,17-20H,2-4,11,16,21-22H2,1H3. The van der Waals surface area contributed by atoms with Crippen LogP contribution in [-0.4, -0.2) is 11.7 Å². The van der Waals surface area contributed by atoms with Gasteiger partial charge in [-0.25, -0.2) is 4.79 Å². The minimum Gasteiger partial charge on any atom is -0.313 e. The molecule has 166 valence electrons. The highest BCUT2D eigenvalue weighted by Gasteiger charge is 2.09. The fourth-order valence-electron chi connectivity index (χ4n) is 3.34. The summed E-state index contributed by atoms with van der Waals surface area (Å²) in [4.78, 5) is 18.8. The molecule has 0 saturated heterocycles. The SMILES string of the molecule is CCCCCCC(Cc1ccc(SCc2ccccc2)cc1)=NOC(=O)c1ccccc1. The Labute approximate surface area is 195 Å². The van der Waals surface area contributed by atoms with E-state index < -0.39 is 5.97 Å². The molecule has 0 amide bonds. The van der Waals surface area contributed by atoms with Crippen LogP contribution in [0, 0.1) is 0 Å². The van der Waals surface area contributed by atoms with Crippen LogP contribution in [0.15, 0.2) is 95.0 Å². The third-order valence-corrected chi connectivity index (χ3v) is 6.25. The van der Waals surface area contributed by atoms with Crippen LogP contribution in [0.25, 0.3) is 0 Å². The van der Waals surface area contributed by atoms with Crippen LogP contribution in [-0.2, 0) is 17.0 Å². The lowest BCUT2D eigenvalue weighted by atomic mass is 10.0. The van der Waals surface area contributed by atoms with Gasteiger partial charge in [-0.05, 0) is 48.2 Å². The Hall–Kier alpha value is -2.85. The molecular formula is C28H31NO2S.